The fourth-order valence-electron chi connectivity index (χ4n) is 2.15. The Kier molecular flexibility index (Phi) is 4.08. The van der Waals surface area contributed by atoms with Gasteiger partial charge in [0.15, 0.2) is 0 Å². The van der Waals surface area contributed by atoms with Crippen LogP contribution in [0.4, 0.5) is 0 Å². The van der Waals surface area contributed by atoms with E-state index < -0.39 is 11.9 Å². The summed E-state index contributed by atoms with van der Waals surface area (Å²) in [5.41, 5.74) is 2.27. The zero-order valence-corrected chi connectivity index (χ0v) is 13.1. The molecule has 0 amide bonds. The summed E-state index contributed by atoms with van der Waals surface area (Å²) >= 11 is 1.38. The summed E-state index contributed by atoms with van der Waals surface area (Å²) in [4.78, 5) is 27.3. The number of thiazole rings is 1. The number of aromatic nitrogens is 1. The molecule has 3 rings (SSSR count). The van der Waals surface area contributed by atoms with E-state index in [0.29, 0.717) is 16.1 Å². The van der Waals surface area contributed by atoms with Gasteiger partial charge in [-0.2, -0.15) is 0 Å². The van der Waals surface area contributed by atoms with Crippen LogP contribution < -0.4 is 0 Å². The van der Waals surface area contributed by atoms with Crippen molar-refractivity contribution in [1.29, 1.82) is 0 Å². The first-order valence-corrected chi connectivity index (χ1v) is 7.71. The lowest BCUT2D eigenvalue weighted by Crippen LogP contribution is -2.05. The molecule has 0 radical (unpaired) electrons. The average Bonchev–Trinajstić information content (AvgIpc) is 2.94. The summed E-state index contributed by atoms with van der Waals surface area (Å²) in [6.07, 6.45) is 0. The quantitative estimate of drug-likeness (QED) is 0.740. The third-order valence-electron chi connectivity index (χ3n) is 3.26. The number of ether oxygens (including phenoxy) is 1. The molecule has 0 spiro atoms. The zero-order chi connectivity index (χ0) is 16.4. The third kappa shape index (κ3) is 3.37. The number of rotatable bonds is 4. The lowest BCUT2D eigenvalue weighted by atomic mass is 10.1. The molecule has 0 aliphatic rings. The number of carbonyl (C=O) groups is 2. The van der Waals surface area contributed by atoms with Crippen LogP contribution in [0.3, 0.4) is 0 Å². The number of fused-ring (bicyclic) bond motifs is 1. The Morgan fingerprint density at radius 3 is 2.74 bits per heavy atom. The van der Waals surface area contributed by atoms with Gasteiger partial charge in [-0.1, -0.05) is 17.7 Å². The Bertz CT molecular complexity index is 900. The highest BCUT2D eigenvalue weighted by molar-refractivity contribution is 7.18. The topological polar surface area (TPSA) is 76.5 Å². The summed E-state index contributed by atoms with van der Waals surface area (Å²) in [7, 11) is 0. The molecular weight excluding hydrogens is 314 g/mol. The van der Waals surface area contributed by atoms with Crippen molar-refractivity contribution in [2.75, 3.05) is 0 Å². The SMILES string of the molecule is Cc1cccc(C(=O)OCc2nc3cc(C(=O)O)ccc3s2)c1. The van der Waals surface area contributed by atoms with E-state index in [-0.39, 0.29) is 12.2 Å². The van der Waals surface area contributed by atoms with Gasteiger partial charge in [0, 0.05) is 0 Å². The van der Waals surface area contributed by atoms with Crippen molar-refractivity contribution in [3.63, 3.8) is 0 Å². The molecule has 6 heteroatoms. The first kappa shape index (κ1) is 15.2. The fraction of sp³-hybridized carbons (Fsp3) is 0.118. The zero-order valence-electron chi connectivity index (χ0n) is 12.3. The summed E-state index contributed by atoms with van der Waals surface area (Å²) in [5.74, 6) is -1.40. The minimum Gasteiger partial charge on any atom is -0.478 e. The van der Waals surface area contributed by atoms with Gasteiger partial charge in [0.1, 0.15) is 11.6 Å². The number of esters is 1. The highest BCUT2D eigenvalue weighted by atomic mass is 32.1. The van der Waals surface area contributed by atoms with Gasteiger partial charge in [0.25, 0.3) is 0 Å². The van der Waals surface area contributed by atoms with Crippen LogP contribution in [0.2, 0.25) is 0 Å². The molecule has 0 aliphatic carbocycles. The number of hydrogen-bond acceptors (Lipinski definition) is 5. The lowest BCUT2D eigenvalue weighted by Gasteiger charge is -2.03. The van der Waals surface area contributed by atoms with Gasteiger partial charge in [-0.15, -0.1) is 11.3 Å². The summed E-state index contributed by atoms with van der Waals surface area (Å²) < 4.78 is 6.13. The van der Waals surface area contributed by atoms with E-state index in [2.05, 4.69) is 4.98 Å². The van der Waals surface area contributed by atoms with E-state index in [1.807, 2.05) is 13.0 Å². The maximum atomic E-state index is 12.0. The predicted octanol–water partition coefficient (Wildman–Crippen LogP) is 3.66. The van der Waals surface area contributed by atoms with Crippen LogP contribution in [0.25, 0.3) is 10.2 Å². The maximum Gasteiger partial charge on any atom is 0.338 e. The molecule has 0 saturated heterocycles. The van der Waals surface area contributed by atoms with Crippen molar-refractivity contribution in [3.8, 4) is 0 Å². The molecule has 0 unspecified atom stereocenters. The second-order valence-corrected chi connectivity index (χ2v) is 6.16. The van der Waals surface area contributed by atoms with Crippen LogP contribution in [0, 0.1) is 6.92 Å². The standard InChI is InChI=1S/C17H13NO4S/c1-10-3-2-4-12(7-10)17(21)22-9-15-18-13-8-11(16(19)20)5-6-14(13)23-15/h2-8H,9H2,1H3,(H,19,20). The van der Waals surface area contributed by atoms with Crippen molar-refractivity contribution in [1.82, 2.24) is 4.98 Å². The van der Waals surface area contributed by atoms with E-state index in [4.69, 9.17) is 9.84 Å². The second kappa shape index (κ2) is 6.18. The number of carbonyl (C=O) groups excluding carboxylic acids is 1. The molecule has 0 fully saturated rings. The first-order chi connectivity index (χ1) is 11.0. The second-order valence-electron chi connectivity index (χ2n) is 5.04. The number of benzene rings is 2. The van der Waals surface area contributed by atoms with E-state index in [1.54, 1.807) is 24.3 Å². The Morgan fingerprint density at radius 2 is 2.00 bits per heavy atom. The van der Waals surface area contributed by atoms with Crippen molar-refractivity contribution in [2.45, 2.75) is 13.5 Å². The van der Waals surface area contributed by atoms with E-state index >= 15 is 0 Å². The van der Waals surface area contributed by atoms with Crippen LogP contribution in [-0.4, -0.2) is 22.0 Å². The van der Waals surface area contributed by atoms with E-state index in [1.165, 1.54) is 23.5 Å². The van der Waals surface area contributed by atoms with Crippen LogP contribution in [0.1, 0.15) is 31.3 Å². The average molecular weight is 327 g/mol. The minimum atomic E-state index is -0.993. The van der Waals surface area contributed by atoms with Gasteiger partial charge >= 0.3 is 11.9 Å². The van der Waals surface area contributed by atoms with Crippen LogP contribution in [-0.2, 0) is 11.3 Å². The van der Waals surface area contributed by atoms with Gasteiger partial charge in [0.05, 0.1) is 21.3 Å². The minimum absolute atomic E-state index is 0.0640. The number of hydrogen-bond donors (Lipinski definition) is 1. The van der Waals surface area contributed by atoms with Gasteiger partial charge in [0.2, 0.25) is 0 Å². The van der Waals surface area contributed by atoms with Crippen LogP contribution >= 0.6 is 11.3 Å². The van der Waals surface area contributed by atoms with Crippen molar-refractivity contribution < 1.29 is 19.4 Å². The van der Waals surface area contributed by atoms with Gasteiger partial charge in [-0.05, 0) is 37.3 Å². The van der Waals surface area contributed by atoms with E-state index in [9.17, 15) is 9.59 Å². The molecule has 3 aromatic rings. The molecule has 1 N–H and O–H groups in total. The van der Waals surface area contributed by atoms with Crippen molar-refractivity contribution in [3.05, 3.63) is 64.2 Å². The molecule has 0 bridgehead atoms. The molecular formula is C17H13NO4S. The van der Waals surface area contributed by atoms with E-state index in [0.717, 1.165) is 10.3 Å². The molecule has 116 valence electrons. The molecule has 2 aromatic carbocycles. The molecule has 1 heterocycles. The number of carboxylic acids is 1. The first-order valence-electron chi connectivity index (χ1n) is 6.89. The Morgan fingerprint density at radius 1 is 1.17 bits per heavy atom. The highest BCUT2D eigenvalue weighted by Crippen LogP contribution is 2.24. The normalized spacial score (nSPS) is 10.7. The molecule has 0 aliphatic heterocycles. The summed E-state index contributed by atoms with van der Waals surface area (Å²) in [6.45, 7) is 1.97. The third-order valence-corrected chi connectivity index (χ3v) is 4.27. The summed E-state index contributed by atoms with van der Waals surface area (Å²) in [6, 6.07) is 11.9. The number of carboxylic acid groups (broad SMARTS) is 1. The Balaban J connectivity index is 1.74. The predicted molar refractivity (Wildman–Crippen MR) is 86.9 cm³/mol. The van der Waals surface area contributed by atoms with Crippen LogP contribution in [0.15, 0.2) is 42.5 Å². The number of aryl methyl sites for hydroxylation is 1. The molecule has 0 atom stereocenters. The Labute approximate surface area is 136 Å². The largest absolute Gasteiger partial charge is 0.478 e. The van der Waals surface area contributed by atoms with Gasteiger partial charge in [-0.3, -0.25) is 0 Å². The maximum absolute atomic E-state index is 12.0. The Hall–Kier alpha value is -2.73. The summed E-state index contributed by atoms with van der Waals surface area (Å²) in [5, 5.41) is 9.61. The smallest absolute Gasteiger partial charge is 0.338 e. The highest BCUT2D eigenvalue weighted by Gasteiger charge is 2.11. The number of aromatic carboxylic acids is 1. The monoisotopic (exact) mass is 327 g/mol. The van der Waals surface area contributed by atoms with Crippen molar-refractivity contribution >= 4 is 33.5 Å². The van der Waals surface area contributed by atoms with Crippen LogP contribution in [0.5, 0.6) is 0 Å². The molecule has 5 nitrogen and oxygen atoms in total. The van der Waals surface area contributed by atoms with Crippen molar-refractivity contribution in [2.24, 2.45) is 0 Å². The number of nitrogens with zero attached hydrogens (tertiary/aromatic N) is 1. The van der Waals surface area contributed by atoms with Gasteiger partial charge < -0.3 is 9.84 Å². The lowest BCUT2D eigenvalue weighted by molar-refractivity contribution is 0.0472. The molecule has 0 saturated carbocycles. The molecule has 23 heavy (non-hydrogen) atoms. The van der Waals surface area contributed by atoms with Gasteiger partial charge in [-0.25, -0.2) is 14.6 Å². The molecule has 1 aromatic heterocycles. The fourth-order valence-corrected chi connectivity index (χ4v) is 3.01.